The van der Waals surface area contributed by atoms with Crippen LogP contribution in [-0.4, -0.2) is 24.8 Å². The lowest BCUT2D eigenvalue weighted by Gasteiger charge is -2.10. The minimum atomic E-state index is -1.04. The van der Waals surface area contributed by atoms with Gasteiger partial charge in [-0.3, -0.25) is 4.79 Å². The third-order valence-electron chi connectivity index (χ3n) is 3.17. The Hall–Kier alpha value is -2.96. The lowest BCUT2D eigenvalue weighted by Crippen LogP contribution is -2.26. The van der Waals surface area contributed by atoms with Gasteiger partial charge in [-0.2, -0.15) is 0 Å². The van der Waals surface area contributed by atoms with E-state index in [1.165, 1.54) is 19.2 Å². The first-order valence-electron chi connectivity index (χ1n) is 7.67. The van der Waals surface area contributed by atoms with Crippen molar-refractivity contribution >= 4 is 17.8 Å². The molecule has 0 heterocycles. The molecule has 0 saturated carbocycles. The number of carbonyl (C=O) groups is 1. The van der Waals surface area contributed by atoms with Crippen molar-refractivity contribution in [3.8, 4) is 5.75 Å². The zero-order valence-electron chi connectivity index (χ0n) is 13.8. The van der Waals surface area contributed by atoms with Gasteiger partial charge in [-0.15, -0.1) is 0 Å². The van der Waals surface area contributed by atoms with E-state index in [1.807, 2.05) is 6.92 Å². The highest BCUT2D eigenvalue weighted by atomic mass is 19.2. The Kier molecular flexibility index (Phi) is 6.45. The zero-order valence-corrected chi connectivity index (χ0v) is 13.8. The number of nitrogens with one attached hydrogen (secondary N) is 1. The molecule has 1 N–H and O–H groups in total. The van der Waals surface area contributed by atoms with Crippen molar-refractivity contribution in [2.75, 3.05) is 11.9 Å². The number of anilines is 1. The van der Waals surface area contributed by atoms with Crippen LogP contribution >= 0.6 is 0 Å². The van der Waals surface area contributed by atoms with Crippen molar-refractivity contribution in [1.29, 1.82) is 0 Å². The summed E-state index contributed by atoms with van der Waals surface area (Å²) in [6, 6.07) is 10.3. The highest BCUT2D eigenvalue weighted by molar-refractivity contribution is 5.93. The molecule has 0 fully saturated rings. The Balaban J connectivity index is 1.86. The molecule has 7 heteroatoms. The molecule has 0 unspecified atom stereocenters. The Bertz CT molecular complexity index is 748. The Morgan fingerprint density at radius 1 is 1.20 bits per heavy atom. The van der Waals surface area contributed by atoms with Gasteiger partial charge in [0, 0.05) is 11.8 Å². The number of rotatable bonds is 7. The molecule has 0 spiro atoms. The number of hydrogen-bond donors (Lipinski definition) is 1. The van der Waals surface area contributed by atoms with E-state index in [2.05, 4.69) is 10.5 Å². The summed E-state index contributed by atoms with van der Waals surface area (Å²) < 4.78 is 31.3. The zero-order chi connectivity index (χ0) is 18.2. The van der Waals surface area contributed by atoms with Crippen LogP contribution in [0.4, 0.5) is 14.5 Å². The molecule has 0 aliphatic heterocycles. The highest BCUT2D eigenvalue weighted by Gasteiger charge is 2.15. The molecule has 2 aromatic rings. The van der Waals surface area contributed by atoms with Gasteiger partial charge in [0.05, 0.1) is 12.8 Å². The van der Waals surface area contributed by atoms with E-state index in [-0.39, 0.29) is 5.69 Å². The van der Waals surface area contributed by atoms with Crippen LogP contribution in [0.3, 0.4) is 0 Å². The van der Waals surface area contributed by atoms with Gasteiger partial charge in [-0.05, 0) is 55.8 Å². The molecule has 2 rings (SSSR count). The second-order valence-electron chi connectivity index (χ2n) is 5.10. The van der Waals surface area contributed by atoms with E-state index in [0.29, 0.717) is 6.61 Å². The van der Waals surface area contributed by atoms with Gasteiger partial charge in [0.1, 0.15) is 5.75 Å². The fourth-order valence-corrected chi connectivity index (χ4v) is 1.87. The maximum absolute atomic E-state index is 13.1. The highest BCUT2D eigenvalue weighted by Crippen LogP contribution is 2.14. The first kappa shape index (κ1) is 18.4. The van der Waals surface area contributed by atoms with Crippen LogP contribution in [0.25, 0.3) is 0 Å². The summed E-state index contributed by atoms with van der Waals surface area (Å²) in [5.41, 5.74) is 0.909. The molecule has 0 bridgehead atoms. The summed E-state index contributed by atoms with van der Waals surface area (Å²) in [4.78, 5) is 17.0. The summed E-state index contributed by atoms with van der Waals surface area (Å²) in [6.07, 6.45) is 0.545. The number of halogens is 2. The first-order valence-corrected chi connectivity index (χ1v) is 7.67. The monoisotopic (exact) mass is 348 g/mol. The summed E-state index contributed by atoms with van der Waals surface area (Å²) >= 11 is 0. The van der Waals surface area contributed by atoms with Gasteiger partial charge in [-0.1, -0.05) is 5.16 Å². The summed E-state index contributed by atoms with van der Waals surface area (Å²) in [6.45, 7) is 3.97. The van der Waals surface area contributed by atoms with Gasteiger partial charge in [-0.25, -0.2) is 8.78 Å². The molecule has 1 atom stereocenters. The number of nitrogens with zero attached hydrogens (tertiary/aromatic N) is 1. The first-order chi connectivity index (χ1) is 12.0. The Morgan fingerprint density at radius 3 is 2.56 bits per heavy atom. The molecule has 0 aliphatic carbocycles. The lowest BCUT2D eigenvalue weighted by atomic mass is 10.2. The molecule has 1 amide bonds. The average Bonchev–Trinajstić information content (AvgIpc) is 2.60. The Morgan fingerprint density at radius 2 is 1.92 bits per heavy atom. The quantitative estimate of drug-likeness (QED) is 0.612. The second kappa shape index (κ2) is 8.77. The predicted octanol–water partition coefficient (Wildman–Crippen LogP) is 3.74. The lowest BCUT2D eigenvalue weighted by molar-refractivity contribution is -0.126. The molecule has 0 aromatic heterocycles. The van der Waals surface area contributed by atoms with Gasteiger partial charge >= 0.3 is 0 Å². The number of hydrogen-bond acceptors (Lipinski definition) is 4. The van der Waals surface area contributed by atoms with E-state index < -0.39 is 23.6 Å². The van der Waals surface area contributed by atoms with Crippen LogP contribution in [0.15, 0.2) is 47.6 Å². The van der Waals surface area contributed by atoms with Crippen LogP contribution in [0, 0.1) is 11.6 Å². The van der Waals surface area contributed by atoms with Crippen LogP contribution in [0.1, 0.15) is 19.4 Å². The maximum Gasteiger partial charge on any atom is 0.267 e. The van der Waals surface area contributed by atoms with Crippen molar-refractivity contribution in [3.63, 3.8) is 0 Å². The number of benzene rings is 2. The minimum absolute atomic E-state index is 0.134. The van der Waals surface area contributed by atoms with Crippen LogP contribution in [-0.2, 0) is 9.63 Å². The van der Waals surface area contributed by atoms with E-state index >= 15 is 0 Å². The fraction of sp³-hybridized carbons (Fsp3) is 0.222. The van der Waals surface area contributed by atoms with Gasteiger partial charge < -0.3 is 14.9 Å². The van der Waals surface area contributed by atoms with Gasteiger partial charge in [0.2, 0.25) is 6.10 Å². The minimum Gasteiger partial charge on any atom is -0.494 e. The molecule has 0 radical (unpaired) electrons. The van der Waals surface area contributed by atoms with E-state index in [1.54, 1.807) is 24.3 Å². The van der Waals surface area contributed by atoms with Crippen molar-refractivity contribution in [2.45, 2.75) is 20.0 Å². The topological polar surface area (TPSA) is 59.9 Å². The Labute approximate surface area is 144 Å². The molecule has 25 heavy (non-hydrogen) atoms. The molecular weight excluding hydrogens is 330 g/mol. The van der Waals surface area contributed by atoms with Crippen molar-refractivity contribution in [3.05, 3.63) is 59.7 Å². The summed E-state index contributed by atoms with van der Waals surface area (Å²) in [7, 11) is 0. The number of oxime groups is 1. The van der Waals surface area contributed by atoms with E-state index in [4.69, 9.17) is 9.57 Å². The van der Waals surface area contributed by atoms with Crippen LogP contribution in [0.2, 0.25) is 0 Å². The predicted molar refractivity (Wildman–Crippen MR) is 90.7 cm³/mol. The van der Waals surface area contributed by atoms with Crippen molar-refractivity contribution < 1.29 is 23.1 Å². The second-order valence-corrected chi connectivity index (χ2v) is 5.10. The molecule has 132 valence electrons. The molecule has 0 aliphatic rings. The van der Waals surface area contributed by atoms with Crippen molar-refractivity contribution in [1.82, 2.24) is 0 Å². The summed E-state index contributed by atoms with van der Waals surface area (Å²) in [5.74, 6) is -1.81. The number of amides is 1. The van der Waals surface area contributed by atoms with Crippen LogP contribution < -0.4 is 10.1 Å². The van der Waals surface area contributed by atoms with Gasteiger partial charge in [0.25, 0.3) is 5.91 Å². The molecular formula is C18H18F2N2O3. The van der Waals surface area contributed by atoms with E-state index in [0.717, 1.165) is 23.4 Å². The largest absolute Gasteiger partial charge is 0.494 e. The number of carbonyl (C=O) groups excluding carboxylic acids is 1. The maximum atomic E-state index is 13.1. The normalized spacial score (nSPS) is 12.0. The smallest absolute Gasteiger partial charge is 0.267 e. The van der Waals surface area contributed by atoms with Crippen LogP contribution in [0.5, 0.6) is 5.75 Å². The molecule has 0 saturated heterocycles. The van der Waals surface area contributed by atoms with Crippen molar-refractivity contribution in [2.24, 2.45) is 5.16 Å². The third kappa shape index (κ3) is 5.56. The third-order valence-corrected chi connectivity index (χ3v) is 3.17. The SMILES string of the molecule is CCOc1ccc(C=NO[C@H](C)C(=O)Nc2ccc(F)c(F)c2)cc1. The molecule has 2 aromatic carbocycles. The number of ether oxygens (including phenoxy) is 1. The van der Waals surface area contributed by atoms with Gasteiger partial charge in [0.15, 0.2) is 11.6 Å². The average molecular weight is 348 g/mol. The summed E-state index contributed by atoms with van der Waals surface area (Å²) in [5, 5.41) is 6.17. The standard InChI is InChI=1S/C18H18F2N2O3/c1-3-24-15-7-4-13(5-8-15)11-21-25-12(2)18(23)22-14-6-9-16(19)17(20)10-14/h4-12H,3H2,1-2H3,(H,22,23)/t12-/m1/s1. The fourth-order valence-electron chi connectivity index (χ4n) is 1.87. The van der Waals surface area contributed by atoms with E-state index in [9.17, 15) is 13.6 Å². The molecule has 5 nitrogen and oxygen atoms in total.